The minimum absolute atomic E-state index is 0.190. The van der Waals surface area contributed by atoms with Gasteiger partial charge in [0.05, 0.1) is 12.2 Å². The third-order valence-electron chi connectivity index (χ3n) is 4.52. The summed E-state index contributed by atoms with van der Waals surface area (Å²) in [6.45, 7) is 2.56. The van der Waals surface area contributed by atoms with E-state index in [9.17, 15) is 4.79 Å². The molecule has 6 nitrogen and oxygen atoms in total. The first-order valence-electron chi connectivity index (χ1n) is 9.74. The van der Waals surface area contributed by atoms with Crippen molar-refractivity contribution < 1.29 is 13.9 Å². The van der Waals surface area contributed by atoms with Crippen LogP contribution in [0.1, 0.15) is 17.3 Å². The second-order valence-electron chi connectivity index (χ2n) is 6.82. The number of thiocarbonyl (C=S) groups is 1. The fourth-order valence-corrected chi connectivity index (χ4v) is 5.51. The molecule has 1 heterocycles. The third-order valence-corrected chi connectivity index (χ3v) is 7.80. The number of nitrogens with one attached hydrogen (secondary N) is 2. The maximum absolute atomic E-state index is 12.7. The van der Waals surface area contributed by atoms with Crippen LogP contribution >= 0.6 is 73.3 Å². The molecule has 168 valence electrons. The molecular formula is C23H16BrI2N3O3S. The van der Waals surface area contributed by atoms with Crippen molar-refractivity contribution in [3.63, 3.8) is 0 Å². The summed E-state index contributed by atoms with van der Waals surface area (Å²) in [6, 6.07) is 16.8. The Bertz CT molecular complexity index is 1360. The van der Waals surface area contributed by atoms with Crippen molar-refractivity contribution in [3.05, 3.63) is 71.8 Å². The minimum Gasteiger partial charge on any atom is -0.494 e. The largest absolute Gasteiger partial charge is 0.494 e. The van der Waals surface area contributed by atoms with Crippen LogP contribution in [0.3, 0.4) is 0 Å². The van der Waals surface area contributed by atoms with Crippen molar-refractivity contribution in [2.24, 2.45) is 0 Å². The first kappa shape index (κ1) is 24.4. The van der Waals surface area contributed by atoms with Gasteiger partial charge in [-0.25, -0.2) is 4.98 Å². The highest BCUT2D eigenvalue weighted by molar-refractivity contribution is 14.1. The number of hydrogen-bond acceptors (Lipinski definition) is 5. The molecule has 0 spiro atoms. The zero-order chi connectivity index (χ0) is 23.5. The number of carbonyl (C=O) groups is 1. The molecular weight excluding hydrogens is 732 g/mol. The van der Waals surface area contributed by atoms with E-state index in [1.807, 2.05) is 55.5 Å². The molecule has 0 saturated carbocycles. The summed E-state index contributed by atoms with van der Waals surface area (Å²) in [7, 11) is 0. The normalized spacial score (nSPS) is 10.8. The van der Waals surface area contributed by atoms with Gasteiger partial charge in [0.2, 0.25) is 5.89 Å². The predicted octanol–water partition coefficient (Wildman–Crippen LogP) is 6.99. The van der Waals surface area contributed by atoms with E-state index in [1.54, 1.807) is 6.07 Å². The number of oxazole rings is 1. The number of carbonyl (C=O) groups excluding carboxylic acids is 1. The molecule has 0 bridgehead atoms. The Hall–Kier alpha value is -1.77. The van der Waals surface area contributed by atoms with Crippen LogP contribution in [0.25, 0.3) is 22.6 Å². The summed E-state index contributed by atoms with van der Waals surface area (Å²) in [5, 5.41) is 5.95. The molecule has 3 aromatic carbocycles. The van der Waals surface area contributed by atoms with E-state index in [1.165, 1.54) is 0 Å². The van der Waals surface area contributed by atoms with Gasteiger partial charge in [0.1, 0.15) is 11.3 Å². The summed E-state index contributed by atoms with van der Waals surface area (Å²) in [5.41, 5.74) is 3.38. The molecule has 0 saturated heterocycles. The lowest BCUT2D eigenvalue weighted by molar-refractivity contribution is 0.0977. The quantitative estimate of drug-likeness (QED) is 0.130. The fourth-order valence-electron chi connectivity index (χ4n) is 3.04. The smallest absolute Gasteiger partial charge is 0.258 e. The van der Waals surface area contributed by atoms with Crippen molar-refractivity contribution in [1.82, 2.24) is 10.3 Å². The number of ether oxygens (including phenoxy) is 1. The van der Waals surface area contributed by atoms with Gasteiger partial charge < -0.3 is 14.5 Å². The van der Waals surface area contributed by atoms with Gasteiger partial charge in [0, 0.05) is 22.9 Å². The number of anilines is 1. The summed E-state index contributed by atoms with van der Waals surface area (Å²) >= 11 is 13.2. The SMILES string of the molecule is CCOc1ccc(-c2nc3cc(NC(=S)NC(=O)c4cc(I)cc(I)c4Br)ccc3o2)cc1. The van der Waals surface area contributed by atoms with Crippen LogP contribution in [0, 0.1) is 7.14 Å². The second kappa shape index (κ2) is 10.7. The fraction of sp³-hybridized carbons (Fsp3) is 0.0870. The number of halogens is 3. The van der Waals surface area contributed by atoms with Crippen molar-refractivity contribution in [2.45, 2.75) is 6.92 Å². The molecule has 0 fully saturated rings. The van der Waals surface area contributed by atoms with E-state index in [2.05, 4.69) is 76.7 Å². The van der Waals surface area contributed by atoms with Crippen molar-refractivity contribution in [3.8, 4) is 17.2 Å². The first-order valence-corrected chi connectivity index (χ1v) is 13.1. The number of benzene rings is 3. The molecule has 33 heavy (non-hydrogen) atoms. The zero-order valence-electron chi connectivity index (χ0n) is 17.1. The lowest BCUT2D eigenvalue weighted by atomic mass is 10.2. The Morgan fingerprint density at radius 3 is 2.64 bits per heavy atom. The number of amides is 1. The molecule has 0 aliphatic rings. The van der Waals surface area contributed by atoms with E-state index in [0.29, 0.717) is 34.8 Å². The maximum atomic E-state index is 12.7. The number of hydrogen-bond donors (Lipinski definition) is 2. The third kappa shape index (κ3) is 5.84. The summed E-state index contributed by atoms with van der Waals surface area (Å²) in [4.78, 5) is 17.3. The highest BCUT2D eigenvalue weighted by Crippen LogP contribution is 2.28. The predicted molar refractivity (Wildman–Crippen MR) is 154 cm³/mol. The maximum Gasteiger partial charge on any atom is 0.258 e. The number of fused-ring (bicyclic) bond motifs is 1. The summed E-state index contributed by atoms with van der Waals surface area (Å²) in [6.07, 6.45) is 0. The molecule has 0 atom stereocenters. The van der Waals surface area contributed by atoms with Gasteiger partial charge in [-0.3, -0.25) is 10.1 Å². The minimum atomic E-state index is -0.295. The lowest BCUT2D eigenvalue weighted by Crippen LogP contribution is -2.34. The van der Waals surface area contributed by atoms with Crippen LogP contribution in [-0.2, 0) is 0 Å². The lowest BCUT2D eigenvalue weighted by Gasteiger charge is -2.11. The average Bonchev–Trinajstić information content (AvgIpc) is 3.20. The van der Waals surface area contributed by atoms with E-state index >= 15 is 0 Å². The molecule has 0 radical (unpaired) electrons. The van der Waals surface area contributed by atoms with Gasteiger partial charge in [-0.15, -0.1) is 0 Å². The molecule has 4 aromatic rings. The Morgan fingerprint density at radius 1 is 1.15 bits per heavy atom. The van der Waals surface area contributed by atoms with Gasteiger partial charge >= 0.3 is 0 Å². The van der Waals surface area contributed by atoms with Gasteiger partial charge in [-0.05, 0) is 135 Å². The van der Waals surface area contributed by atoms with E-state index in [0.717, 1.165) is 22.9 Å². The zero-order valence-corrected chi connectivity index (χ0v) is 23.8. The Morgan fingerprint density at radius 2 is 1.91 bits per heavy atom. The van der Waals surface area contributed by atoms with E-state index < -0.39 is 0 Å². The molecule has 10 heteroatoms. The van der Waals surface area contributed by atoms with Crippen LogP contribution < -0.4 is 15.4 Å². The van der Waals surface area contributed by atoms with E-state index in [-0.39, 0.29) is 11.0 Å². The van der Waals surface area contributed by atoms with Crippen LogP contribution in [0.2, 0.25) is 0 Å². The molecule has 4 rings (SSSR count). The van der Waals surface area contributed by atoms with Gasteiger partial charge in [-0.1, -0.05) is 0 Å². The average molecular weight is 748 g/mol. The van der Waals surface area contributed by atoms with Crippen LogP contribution in [-0.4, -0.2) is 22.6 Å². The molecule has 2 N–H and O–H groups in total. The standard InChI is InChI=1S/C23H16BrI2N3O3S/c1-2-31-15-6-3-12(4-7-15)22-28-18-11-14(5-8-19(18)32-22)27-23(33)29-21(30)16-9-13(25)10-17(26)20(16)24/h3-11H,2H2,1H3,(H2,27,29,30,33). The van der Waals surface area contributed by atoms with Crippen molar-refractivity contribution in [2.75, 3.05) is 11.9 Å². The van der Waals surface area contributed by atoms with Gasteiger partial charge in [0.15, 0.2) is 10.7 Å². The number of aromatic nitrogens is 1. The highest BCUT2D eigenvalue weighted by Gasteiger charge is 2.15. The van der Waals surface area contributed by atoms with E-state index in [4.69, 9.17) is 21.4 Å². The van der Waals surface area contributed by atoms with Crippen LogP contribution in [0.4, 0.5) is 5.69 Å². The number of nitrogens with zero attached hydrogens (tertiary/aromatic N) is 1. The summed E-state index contributed by atoms with van der Waals surface area (Å²) < 4.78 is 14.0. The Labute approximate surface area is 231 Å². The second-order valence-corrected chi connectivity index (χ2v) is 10.4. The van der Waals surface area contributed by atoms with Crippen molar-refractivity contribution in [1.29, 1.82) is 0 Å². The number of rotatable bonds is 5. The topological polar surface area (TPSA) is 76.4 Å². The Kier molecular flexibility index (Phi) is 7.87. The highest BCUT2D eigenvalue weighted by atomic mass is 127. The summed E-state index contributed by atoms with van der Waals surface area (Å²) in [5.74, 6) is 1.02. The Balaban J connectivity index is 1.48. The van der Waals surface area contributed by atoms with Crippen molar-refractivity contribution >= 4 is 101 Å². The van der Waals surface area contributed by atoms with Gasteiger partial charge in [-0.2, -0.15) is 0 Å². The molecule has 0 aliphatic heterocycles. The molecule has 1 aromatic heterocycles. The molecule has 1 amide bonds. The van der Waals surface area contributed by atoms with Crippen LogP contribution in [0.5, 0.6) is 5.75 Å². The van der Waals surface area contributed by atoms with Crippen LogP contribution in [0.15, 0.2) is 63.5 Å². The monoisotopic (exact) mass is 747 g/mol. The molecule has 0 unspecified atom stereocenters. The first-order chi connectivity index (χ1) is 15.8. The molecule has 0 aliphatic carbocycles. The van der Waals surface area contributed by atoms with Gasteiger partial charge in [0.25, 0.3) is 5.91 Å².